The predicted molar refractivity (Wildman–Crippen MR) is 88.0 cm³/mol. The highest BCUT2D eigenvalue weighted by molar-refractivity contribution is 5.74. The number of amides is 2. The molecule has 0 atom stereocenters. The minimum absolute atomic E-state index is 0.0647. The number of hydrogen-bond donors (Lipinski definition) is 2. The van der Waals surface area contributed by atoms with Crippen LogP contribution in [0.25, 0.3) is 0 Å². The normalized spacial score (nSPS) is 20.9. The van der Waals surface area contributed by atoms with Crippen molar-refractivity contribution in [1.82, 2.24) is 25.4 Å². The largest absolute Gasteiger partial charge is 0.338 e. The second-order valence-corrected chi connectivity index (χ2v) is 6.02. The van der Waals surface area contributed by atoms with Gasteiger partial charge in [0.15, 0.2) is 0 Å². The molecule has 1 saturated carbocycles. The van der Waals surface area contributed by atoms with Crippen LogP contribution in [0.5, 0.6) is 0 Å². The number of carbonyl (C=O) groups excluding carboxylic acids is 1. The van der Waals surface area contributed by atoms with Gasteiger partial charge in [0.05, 0.1) is 6.04 Å². The van der Waals surface area contributed by atoms with Crippen LogP contribution in [0.4, 0.5) is 4.79 Å². The molecule has 3 rings (SSSR count). The second kappa shape index (κ2) is 7.76. The van der Waals surface area contributed by atoms with Crippen LogP contribution in [0.15, 0.2) is 43.0 Å². The molecule has 1 aliphatic rings. The third-order valence-corrected chi connectivity index (χ3v) is 4.38. The molecule has 0 unspecified atom stereocenters. The molecule has 0 saturated heterocycles. The first-order chi connectivity index (χ1) is 11.3. The van der Waals surface area contributed by atoms with E-state index in [0.717, 1.165) is 32.1 Å². The van der Waals surface area contributed by atoms with Crippen LogP contribution >= 0.6 is 0 Å². The van der Waals surface area contributed by atoms with Crippen molar-refractivity contribution >= 4 is 6.03 Å². The molecule has 1 heterocycles. The van der Waals surface area contributed by atoms with Gasteiger partial charge in [-0.3, -0.25) is 0 Å². The van der Waals surface area contributed by atoms with Gasteiger partial charge in [0.1, 0.15) is 12.7 Å². The highest BCUT2D eigenvalue weighted by Crippen LogP contribution is 2.27. The third-order valence-electron chi connectivity index (χ3n) is 4.38. The first kappa shape index (κ1) is 15.5. The first-order valence-corrected chi connectivity index (χ1v) is 8.23. The van der Waals surface area contributed by atoms with Crippen molar-refractivity contribution in [1.29, 1.82) is 0 Å². The Labute approximate surface area is 136 Å². The summed E-state index contributed by atoms with van der Waals surface area (Å²) in [6.07, 6.45) is 8.22. The third kappa shape index (κ3) is 4.55. The van der Waals surface area contributed by atoms with E-state index in [0.29, 0.717) is 12.6 Å². The van der Waals surface area contributed by atoms with E-state index in [9.17, 15) is 4.79 Å². The fourth-order valence-corrected chi connectivity index (χ4v) is 3.09. The van der Waals surface area contributed by atoms with Crippen molar-refractivity contribution in [2.45, 2.75) is 44.2 Å². The summed E-state index contributed by atoms with van der Waals surface area (Å²) in [5.41, 5.74) is 1.24. The molecule has 2 aromatic rings. The first-order valence-electron chi connectivity index (χ1n) is 8.23. The highest BCUT2D eigenvalue weighted by atomic mass is 16.2. The standard InChI is InChI=1S/C17H23N5O/c23-17(19-11-10-14-4-2-1-3-5-14)21-15-6-8-16(9-7-15)22-13-18-12-20-22/h1-5,12-13,15-16H,6-11H2,(H2,19,21,23). The van der Waals surface area contributed by atoms with Crippen LogP contribution < -0.4 is 10.6 Å². The minimum atomic E-state index is -0.0647. The Kier molecular flexibility index (Phi) is 5.24. The summed E-state index contributed by atoms with van der Waals surface area (Å²) < 4.78 is 1.93. The average molecular weight is 313 g/mol. The maximum Gasteiger partial charge on any atom is 0.315 e. The summed E-state index contributed by atoms with van der Waals surface area (Å²) in [5.74, 6) is 0. The van der Waals surface area contributed by atoms with Gasteiger partial charge in [0.2, 0.25) is 0 Å². The topological polar surface area (TPSA) is 71.8 Å². The lowest BCUT2D eigenvalue weighted by Gasteiger charge is -2.29. The van der Waals surface area contributed by atoms with Gasteiger partial charge in [0.25, 0.3) is 0 Å². The van der Waals surface area contributed by atoms with Crippen molar-refractivity contribution in [3.8, 4) is 0 Å². The summed E-state index contributed by atoms with van der Waals surface area (Å²) in [6, 6.07) is 10.8. The summed E-state index contributed by atoms with van der Waals surface area (Å²) in [6.45, 7) is 0.657. The summed E-state index contributed by atoms with van der Waals surface area (Å²) in [4.78, 5) is 16.0. The second-order valence-electron chi connectivity index (χ2n) is 6.02. The summed E-state index contributed by atoms with van der Waals surface area (Å²) >= 11 is 0. The van der Waals surface area contributed by atoms with Gasteiger partial charge in [-0.25, -0.2) is 14.5 Å². The molecular weight excluding hydrogens is 290 g/mol. The molecule has 2 N–H and O–H groups in total. The molecule has 0 aliphatic heterocycles. The minimum Gasteiger partial charge on any atom is -0.338 e. The number of nitrogens with zero attached hydrogens (tertiary/aromatic N) is 3. The van der Waals surface area contributed by atoms with Gasteiger partial charge in [-0.15, -0.1) is 0 Å². The van der Waals surface area contributed by atoms with E-state index in [2.05, 4.69) is 32.8 Å². The molecule has 6 nitrogen and oxygen atoms in total. The molecule has 0 spiro atoms. The van der Waals surface area contributed by atoms with Gasteiger partial charge in [-0.05, 0) is 37.7 Å². The Morgan fingerprint density at radius 3 is 2.65 bits per heavy atom. The van der Waals surface area contributed by atoms with Gasteiger partial charge in [0, 0.05) is 12.6 Å². The summed E-state index contributed by atoms with van der Waals surface area (Å²) in [7, 11) is 0. The number of carbonyl (C=O) groups is 1. The van der Waals surface area contributed by atoms with Gasteiger partial charge >= 0.3 is 6.03 Å². The van der Waals surface area contributed by atoms with E-state index < -0.39 is 0 Å². The number of benzene rings is 1. The molecular formula is C17H23N5O. The summed E-state index contributed by atoms with van der Waals surface area (Å²) in [5, 5.41) is 10.2. The van der Waals surface area contributed by atoms with Gasteiger partial charge < -0.3 is 10.6 Å². The van der Waals surface area contributed by atoms with E-state index in [1.807, 2.05) is 22.9 Å². The van der Waals surface area contributed by atoms with E-state index in [-0.39, 0.29) is 12.1 Å². The van der Waals surface area contributed by atoms with E-state index in [1.165, 1.54) is 5.56 Å². The number of nitrogens with one attached hydrogen (secondary N) is 2. The van der Waals surface area contributed by atoms with Crippen molar-refractivity contribution in [2.24, 2.45) is 0 Å². The number of aromatic nitrogens is 3. The molecule has 122 valence electrons. The predicted octanol–water partition coefficient (Wildman–Crippen LogP) is 2.30. The maximum atomic E-state index is 12.0. The molecule has 1 aliphatic carbocycles. The lowest BCUT2D eigenvalue weighted by molar-refractivity contribution is 0.225. The SMILES string of the molecule is O=C(NCCc1ccccc1)NC1CCC(n2cncn2)CC1. The van der Waals surface area contributed by atoms with Crippen LogP contribution in [0.3, 0.4) is 0 Å². The molecule has 0 radical (unpaired) electrons. The monoisotopic (exact) mass is 313 g/mol. The Balaban J connectivity index is 1.34. The fraction of sp³-hybridized carbons (Fsp3) is 0.471. The Morgan fingerprint density at radius 2 is 1.96 bits per heavy atom. The van der Waals surface area contributed by atoms with Crippen LogP contribution in [-0.2, 0) is 6.42 Å². The lowest BCUT2D eigenvalue weighted by Crippen LogP contribution is -2.44. The van der Waals surface area contributed by atoms with Gasteiger partial charge in [-0.1, -0.05) is 30.3 Å². The molecule has 6 heteroatoms. The lowest BCUT2D eigenvalue weighted by atomic mass is 9.91. The zero-order valence-electron chi connectivity index (χ0n) is 13.2. The van der Waals surface area contributed by atoms with Gasteiger partial charge in [-0.2, -0.15) is 5.10 Å². The van der Waals surface area contributed by atoms with Crippen LogP contribution in [0.1, 0.15) is 37.3 Å². The Bertz CT molecular complexity index is 591. The van der Waals surface area contributed by atoms with Crippen molar-refractivity contribution in [3.05, 3.63) is 48.5 Å². The average Bonchev–Trinajstić information content (AvgIpc) is 3.11. The molecule has 1 aromatic carbocycles. The van der Waals surface area contributed by atoms with Crippen molar-refractivity contribution in [3.63, 3.8) is 0 Å². The molecule has 0 bridgehead atoms. The van der Waals surface area contributed by atoms with Crippen molar-refractivity contribution < 1.29 is 4.79 Å². The zero-order valence-corrected chi connectivity index (χ0v) is 13.2. The van der Waals surface area contributed by atoms with Crippen LogP contribution in [0, 0.1) is 0 Å². The Hall–Kier alpha value is -2.37. The molecule has 1 aromatic heterocycles. The highest BCUT2D eigenvalue weighted by Gasteiger charge is 2.23. The van der Waals surface area contributed by atoms with E-state index in [1.54, 1.807) is 12.7 Å². The molecule has 23 heavy (non-hydrogen) atoms. The quantitative estimate of drug-likeness (QED) is 0.889. The maximum absolute atomic E-state index is 12.0. The molecule has 1 fully saturated rings. The zero-order chi connectivity index (χ0) is 15.9. The number of rotatable bonds is 5. The Morgan fingerprint density at radius 1 is 1.17 bits per heavy atom. The van der Waals surface area contributed by atoms with E-state index in [4.69, 9.17) is 0 Å². The van der Waals surface area contributed by atoms with Crippen LogP contribution in [-0.4, -0.2) is 33.4 Å². The van der Waals surface area contributed by atoms with Crippen molar-refractivity contribution in [2.75, 3.05) is 6.54 Å². The fourth-order valence-electron chi connectivity index (χ4n) is 3.09. The molecule has 2 amide bonds. The van der Waals surface area contributed by atoms with E-state index >= 15 is 0 Å². The smallest absolute Gasteiger partial charge is 0.315 e. The number of urea groups is 1. The number of hydrogen-bond acceptors (Lipinski definition) is 3. The van der Waals surface area contributed by atoms with Crippen LogP contribution in [0.2, 0.25) is 0 Å².